The van der Waals surface area contributed by atoms with E-state index in [1.54, 1.807) is 17.1 Å². The second-order valence-electron chi connectivity index (χ2n) is 5.42. The van der Waals surface area contributed by atoms with Gasteiger partial charge in [-0.1, -0.05) is 15.9 Å². The summed E-state index contributed by atoms with van der Waals surface area (Å²) in [6.45, 7) is 1.96. The standard InChI is InChI=1S/C16H17BrN6O/c1-11(24-13-6-4-12(17)5-7-13)14-8-9-18-16-20-15(21-23(14)16)19-10-22(2)3/h4-11H,1-3H3/b19-10+. The van der Waals surface area contributed by atoms with Gasteiger partial charge < -0.3 is 9.64 Å². The number of nitrogens with zero attached hydrogens (tertiary/aromatic N) is 6. The minimum Gasteiger partial charge on any atom is -0.484 e. The molecule has 1 unspecified atom stereocenters. The van der Waals surface area contributed by atoms with E-state index in [1.165, 1.54) is 0 Å². The van der Waals surface area contributed by atoms with E-state index in [0.717, 1.165) is 15.9 Å². The lowest BCUT2D eigenvalue weighted by Gasteiger charge is -2.15. The van der Waals surface area contributed by atoms with Crippen LogP contribution >= 0.6 is 15.9 Å². The number of ether oxygens (including phenoxy) is 1. The maximum Gasteiger partial charge on any atom is 0.272 e. The largest absolute Gasteiger partial charge is 0.484 e. The Bertz CT molecular complexity index is 859. The fourth-order valence-electron chi connectivity index (χ4n) is 2.11. The molecule has 3 rings (SSSR count). The van der Waals surface area contributed by atoms with E-state index in [4.69, 9.17) is 4.74 Å². The first kappa shape index (κ1) is 16.4. The number of hydrogen-bond acceptors (Lipinski definition) is 5. The summed E-state index contributed by atoms with van der Waals surface area (Å²) in [5, 5.41) is 4.39. The molecule has 2 heterocycles. The van der Waals surface area contributed by atoms with Gasteiger partial charge in [-0.3, -0.25) is 0 Å². The number of halogens is 1. The zero-order valence-corrected chi connectivity index (χ0v) is 15.2. The van der Waals surface area contributed by atoms with Gasteiger partial charge in [0, 0.05) is 24.8 Å². The van der Waals surface area contributed by atoms with Gasteiger partial charge in [0.15, 0.2) is 0 Å². The first-order valence-corrected chi connectivity index (χ1v) is 8.17. The van der Waals surface area contributed by atoms with Crippen LogP contribution < -0.4 is 4.74 Å². The van der Waals surface area contributed by atoms with Crippen LogP contribution in [-0.4, -0.2) is 44.9 Å². The van der Waals surface area contributed by atoms with Gasteiger partial charge in [0.2, 0.25) is 0 Å². The van der Waals surface area contributed by atoms with Crippen LogP contribution in [0, 0.1) is 0 Å². The molecule has 0 aliphatic carbocycles. The van der Waals surface area contributed by atoms with Crippen LogP contribution in [0.4, 0.5) is 5.95 Å². The summed E-state index contributed by atoms with van der Waals surface area (Å²) < 4.78 is 8.65. The van der Waals surface area contributed by atoms with Gasteiger partial charge in [0.05, 0.1) is 12.0 Å². The third-order valence-electron chi connectivity index (χ3n) is 3.21. The Morgan fingerprint density at radius 3 is 2.71 bits per heavy atom. The number of fused-ring (bicyclic) bond motifs is 1. The molecular weight excluding hydrogens is 372 g/mol. The van der Waals surface area contributed by atoms with Crippen LogP contribution in [0.1, 0.15) is 18.7 Å². The summed E-state index contributed by atoms with van der Waals surface area (Å²) >= 11 is 3.41. The van der Waals surface area contributed by atoms with Crippen LogP contribution in [-0.2, 0) is 0 Å². The van der Waals surface area contributed by atoms with E-state index in [-0.39, 0.29) is 6.10 Å². The maximum atomic E-state index is 5.99. The topological polar surface area (TPSA) is 67.9 Å². The summed E-state index contributed by atoms with van der Waals surface area (Å²) in [6, 6.07) is 9.56. The van der Waals surface area contributed by atoms with Crippen molar-refractivity contribution in [1.29, 1.82) is 0 Å². The smallest absolute Gasteiger partial charge is 0.272 e. The first-order chi connectivity index (χ1) is 11.5. The molecule has 0 saturated heterocycles. The van der Waals surface area contributed by atoms with Crippen LogP contribution in [0.3, 0.4) is 0 Å². The van der Waals surface area contributed by atoms with Gasteiger partial charge >= 0.3 is 0 Å². The second-order valence-corrected chi connectivity index (χ2v) is 6.33. The van der Waals surface area contributed by atoms with Gasteiger partial charge in [-0.25, -0.2) is 9.98 Å². The molecule has 0 N–H and O–H groups in total. The Hall–Kier alpha value is -2.48. The molecule has 24 heavy (non-hydrogen) atoms. The monoisotopic (exact) mass is 388 g/mol. The Kier molecular flexibility index (Phi) is 4.75. The average molecular weight is 389 g/mol. The fourth-order valence-corrected chi connectivity index (χ4v) is 2.37. The van der Waals surface area contributed by atoms with E-state index in [1.807, 2.05) is 56.3 Å². The Balaban J connectivity index is 1.89. The SMILES string of the molecule is CC(Oc1ccc(Br)cc1)c1ccnc2nc(/N=C/N(C)C)nn12. The fraction of sp³-hybridized carbons (Fsp3) is 0.250. The van der Waals surface area contributed by atoms with Crippen molar-refractivity contribution < 1.29 is 4.74 Å². The molecule has 1 atom stereocenters. The number of benzene rings is 1. The molecule has 1 aromatic carbocycles. The van der Waals surface area contributed by atoms with Crippen molar-refractivity contribution in [2.45, 2.75) is 13.0 Å². The lowest BCUT2D eigenvalue weighted by atomic mass is 10.2. The molecule has 0 radical (unpaired) electrons. The number of hydrogen-bond donors (Lipinski definition) is 0. The highest BCUT2D eigenvalue weighted by atomic mass is 79.9. The molecule has 0 aliphatic heterocycles. The minimum absolute atomic E-state index is 0.218. The highest BCUT2D eigenvalue weighted by Crippen LogP contribution is 2.23. The van der Waals surface area contributed by atoms with E-state index in [0.29, 0.717) is 11.7 Å². The molecule has 8 heteroatoms. The Morgan fingerprint density at radius 2 is 2.00 bits per heavy atom. The van der Waals surface area contributed by atoms with Gasteiger partial charge in [0.1, 0.15) is 11.9 Å². The second kappa shape index (κ2) is 6.96. The molecule has 2 aromatic heterocycles. The number of aliphatic imine (C=N–C) groups is 1. The van der Waals surface area contributed by atoms with Crippen molar-refractivity contribution in [3.8, 4) is 5.75 Å². The highest BCUT2D eigenvalue weighted by Gasteiger charge is 2.15. The van der Waals surface area contributed by atoms with Crippen LogP contribution in [0.2, 0.25) is 0 Å². The highest BCUT2D eigenvalue weighted by molar-refractivity contribution is 9.10. The van der Waals surface area contributed by atoms with E-state index < -0.39 is 0 Å². The predicted octanol–water partition coefficient (Wildman–Crippen LogP) is 3.25. The van der Waals surface area contributed by atoms with Crippen LogP contribution in [0.5, 0.6) is 5.75 Å². The third kappa shape index (κ3) is 3.70. The maximum absolute atomic E-state index is 5.99. The van der Waals surface area contributed by atoms with Gasteiger partial charge in [-0.05, 0) is 37.3 Å². The molecule has 0 saturated carbocycles. The zero-order valence-electron chi connectivity index (χ0n) is 13.6. The van der Waals surface area contributed by atoms with Gasteiger partial charge in [-0.15, -0.1) is 5.10 Å². The van der Waals surface area contributed by atoms with Gasteiger partial charge in [0.25, 0.3) is 11.7 Å². The van der Waals surface area contributed by atoms with E-state index >= 15 is 0 Å². The quantitative estimate of drug-likeness (QED) is 0.495. The molecule has 0 fully saturated rings. The summed E-state index contributed by atoms with van der Waals surface area (Å²) in [4.78, 5) is 14.6. The number of rotatable bonds is 5. The summed E-state index contributed by atoms with van der Waals surface area (Å²) in [6.07, 6.45) is 3.13. The average Bonchev–Trinajstić information content (AvgIpc) is 2.98. The van der Waals surface area contributed by atoms with Crippen molar-refractivity contribution in [1.82, 2.24) is 24.5 Å². The molecule has 0 spiro atoms. The minimum atomic E-state index is -0.218. The summed E-state index contributed by atoms with van der Waals surface area (Å²) in [7, 11) is 3.77. The summed E-state index contributed by atoms with van der Waals surface area (Å²) in [5.74, 6) is 1.63. The lowest BCUT2D eigenvalue weighted by molar-refractivity contribution is 0.218. The predicted molar refractivity (Wildman–Crippen MR) is 95.8 cm³/mol. The van der Waals surface area contributed by atoms with E-state index in [2.05, 4.69) is 36.0 Å². The summed E-state index contributed by atoms with van der Waals surface area (Å²) in [5.41, 5.74) is 0.849. The molecule has 0 aliphatic rings. The first-order valence-electron chi connectivity index (χ1n) is 7.37. The zero-order chi connectivity index (χ0) is 17.1. The normalized spacial score (nSPS) is 12.7. The molecular formula is C16H17BrN6O. The van der Waals surface area contributed by atoms with Gasteiger partial charge in [-0.2, -0.15) is 9.50 Å². The molecule has 3 aromatic rings. The van der Waals surface area contributed by atoms with E-state index in [9.17, 15) is 0 Å². The Morgan fingerprint density at radius 1 is 1.25 bits per heavy atom. The molecule has 124 valence electrons. The van der Waals surface area contributed by atoms with Crippen molar-refractivity contribution in [2.24, 2.45) is 4.99 Å². The molecule has 7 nitrogen and oxygen atoms in total. The third-order valence-corrected chi connectivity index (χ3v) is 3.73. The van der Waals surface area contributed by atoms with Crippen LogP contribution in [0.25, 0.3) is 5.78 Å². The van der Waals surface area contributed by atoms with Crippen molar-refractivity contribution in [2.75, 3.05) is 14.1 Å². The van der Waals surface area contributed by atoms with Crippen molar-refractivity contribution in [3.05, 3.63) is 46.7 Å². The van der Waals surface area contributed by atoms with Crippen molar-refractivity contribution >= 4 is 34.0 Å². The Labute approximate surface area is 148 Å². The van der Waals surface area contributed by atoms with Crippen molar-refractivity contribution in [3.63, 3.8) is 0 Å². The van der Waals surface area contributed by atoms with Crippen LogP contribution in [0.15, 0.2) is 46.0 Å². The molecule has 0 amide bonds. The molecule has 0 bridgehead atoms. The lowest BCUT2D eigenvalue weighted by Crippen LogP contribution is -2.10. The number of aromatic nitrogens is 4.